The van der Waals surface area contributed by atoms with Gasteiger partial charge in [-0.1, -0.05) is 35.9 Å². The van der Waals surface area contributed by atoms with E-state index in [1.165, 1.54) is 12.1 Å². The van der Waals surface area contributed by atoms with E-state index in [1.807, 2.05) is 37.4 Å². The van der Waals surface area contributed by atoms with Crippen LogP contribution in [0.3, 0.4) is 0 Å². The second-order valence-corrected chi connectivity index (χ2v) is 6.05. The highest BCUT2D eigenvalue weighted by Gasteiger charge is 2.16. The minimum absolute atomic E-state index is 0.114. The monoisotopic (exact) mass is 356 g/mol. The molecule has 1 aromatic heterocycles. The first-order valence-electron chi connectivity index (χ1n) is 7.85. The lowest BCUT2D eigenvalue weighted by molar-refractivity contribution is 0.399. The summed E-state index contributed by atoms with van der Waals surface area (Å²) in [6.07, 6.45) is 1.76. The number of aromatic nitrogens is 1. The third-order valence-electron chi connectivity index (χ3n) is 4.03. The van der Waals surface area contributed by atoms with Gasteiger partial charge in [0, 0.05) is 16.8 Å². The predicted octanol–water partition coefficient (Wildman–Crippen LogP) is 4.86. The quantitative estimate of drug-likeness (QED) is 0.709. The number of ether oxygens (including phenoxy) is 1. The van der Waals surface area contributed by atoms with Crippen LogP contribution in [0, 0.1) is 5.82 Å². The summed E-state index contributed by atoms with van der Waals surface area (Å²) in [6, 6.07) is 15.9. The Hall–Kier alpha value is -2.43. The maximum atomic E-state index is 13.2. The standard InChI is InChI=1S/C20H18ClFN2O/c1-23-19(13-6-8-17(22)9-7-13)15-11-18(20(25-2)24-12-15)14-4-3-5-16(21)10-14/h3-12,19,23H,1-2H3. The van der Waals surface area contributed by atoms with Crippen molar-refractivity contribution in [2.45, 2.75) is 6.04 Å². The number of pyridine rings is 1. The van der Waals surface area contributed by atoms with Crippen molar-refractivity contribution in [3.05, 3.63) is 82.8 Å². The summed E-state index contributed by atoms with van der Waals surface area (Å²) in [5, 5.41) is 3.90. The third-order valence-corrected chi connectivity index (χ3v) is 4.26. The summed E-state index contributed by atoms with van der Waals surface area (Å²) >= 11 is 6.12. The Morgan fingerprint density at radius 2 is 1.84 bits per heavy atom. The zero-order valence-corrected chi connectivity index (χ0v) is 14.7. The maximum absolute atomic E-state index is 13.2. The highest BCUT2D eigenvalue weighted by atomic mass is 35.5. The van der Waals surface area contributed by atoms with Gasteiger partial charge in [-0.15, -0.1) is 0 Å². The van der Waals surface area contributed by atoms with Crippen LogP contribution in [-0.2, 0) is 0 Å². The van der Waals surface area contributed by atoms with Gasteiger partial charge < -0.3 is 10.1 Å². The van der Waals surface area contributed by atoms with Gasteiger partial charge in [-0.2, -0.15) is 0 Å². The van der Waals surface area contributed by atoms with E-state index in [-0.39, 0.29) is 11.9 Å². The molecule has 3 aromatic rings. The molecule has 0 radical (unpaired) electrons. The van der Waals surface area contributed by atoms with Gasteiger partial charge in [0.15, 0.2) is 0 Å². The summed E-state index contributed by atoms with van der Waals surface area (Å²) in [5.41, 5.74) is 3.68. The van der Waals surface area contributed by atoms with Crippen molar-refractivity contribution in [2.75, 3.05) is 14.2 Å². The molecular weight excluding hydrogens is 339 g/mol. The second kappa shape index (κ2) is 7.64. The number of rotatable bonds is 5. The van der Waals surface area contributed by atoms with Crippen LogP contribution in [-0.4, -0.2) is 19.1 Å². The van der Waals surface area contributed by atoms with E-state index in [4.69, 9.17) is 16.3 Å². The number of halogens is 2. The van der Waals surface area contributed by atoms with E-state index in [9.17, 15) is 4.39 Å². The van der Waals surface area contributed by atoms with Crippen LogP contribution in [0.25, 0.3) is 11.1 Å². The summed E-state index contributed by atoms with van der Waals surface area (Å²) in [5.74, 6) is 0.269. The minimum atomic E-state index is -0.258. The molecule has 0 saturated carbocycles. The molecule has 1 atom stereocenters. The van der Waals surface area contributed by atoms with Crippen LogP contribution in [0.1, 0.15) is 17.2 Å². The van der Waals surface area contributed by atoms with Crippen LogP contribution in [0.15, 0.2) is 60.8 Å². The van der Waals surface area contributed by atoms with Crippen LogP contribution in [0.5, 0.6) is 5.88 Å². The molecule has 3 nitrogen and oxygen atoms in total. The number of benzene rings is 2. The Balaban J connectivity index is 2.07. The third kappa shape index (κ3) is 3.81. The van der Waals surface area contributed by atoms with Crippen molar-refractivity contribution in [2.24, 2.45) is 0 Å². The summed E-state index contributed by atoms with van der Waals surface area (Å²) < 4.78 is 18.6. The molecule has 2 aromatic carbocycles. The minimum Gasteiger partial charge on any atom is -0.481 e. The van der Waals surface area contributed by atoms with Gasteiger partial charge in [0.1, 0.15) is 5.82 Å². The summed E-state index contributed by atoms with van der Waals surface area (Å²) in [6.45, 7) is 0. The van der Waals surface area contributed by atoms with Crippen molar-refractivity contribution < 1.29 is 9.13 Å². The van der Waals surface area contributed by atoms with Crippen LogP contribution >= 0.6 is 11.6 Å². The fourth-order valence-corrected chi connectivity index (χ4v) is 3.02. The van der Waals surface area contributed by atoms with Gasteiger partial charge >= 0.3 is 0 Å². The zero-order valence-electron chi connectivity index (χ0n) is 14.0. The molecule has 1 heterocycles. The lowest BCUT2D eigenvalue weighted by Gasteiger charge is -2.19. The van der Waals surface area contributed by atoms with Crippen molar-refractivity contribution in [3.8, 4) is 17.0 Å². The van der Waals surface area contributed by atoms with Crippen LogP contribution in [0.2, 0.25) is 5.02 Å². The summed E-state index contributed by atoms with van der Waals surface area (Å²) in [7, 11) is 3.45. The SMILES string of the molecule is CNC(c1ccc(F)cc1)c1cnc(OC)c(-c2cccc(Cl)c2)c1. The zero-order chi connectivity index (χ0) is 17.8. The van der Waals surface area contributed by atoms with E-state index < -0.39 is 0 Å². The highest BCUT2D eigenvalue weighted by molar-refractivity contribution is 6.30. The molecule has 0 amide bonds. The lowest BCUT2D eigenvalue weighted by atomic mass is 9.97. The van der Waals surface area contributed by atoms with E-state index >= 15 is 0 Å². The van der Waals surface area contributed by atoms with Gasteiger partial charge in [-0.3, -0.25) is 0 Å². The Bertz CT molecular complexity index is 868. The summed E-state index contributed by atoms with van der Waals surface area (Å²) in [4.78, 5) is 4.44. The molecule has 0 aliphatic carbocycles. The molecule has 25 heavy (non-hydrogen) atoms. The Kier molecular flexibility index (Phi) is 5.31. The molecule has 0 aliphatic rings. The van der Waals surface area contributed by atoms with Gasteiger partial charge in [-0.25, -0.2) is 9.37 Å². The number of methoxy groups -OCH3 is 1. The molecule has 3 rings (SSSR count). The molecule has 5 heteroatoms. The first-order chi connectivity index (χ1) is 12.1. The molecular formula is C20H18ClFN2O. The number of hydrogen-bond donors (Lipinski definition) is 1. The molecule has 0 spiro atoms. The lowest BCUT2D eigenvalue weighted by Crippen LogP contribution is -2.18. The van der Waals surface area contributed by atoms with Crippen molar-refractivity contribution >= 4 is 11.6 Å². The van der Waals surface area contributed by atoms with Crippen LogP contribution in [0.4, 0.5) is 4.39 Å². The highest BCUT2D eigenvalue weighted by Crippen LogP contribution is 2.33. The largest absolute Gasteiger partial charge is 0.481 e. The Morgan fingerprint density at radius 1 is 1.08 bits per heavy atom. The maximum Gasteiger partial charge on any atom is 0.221 e. The molecule has 128 valence electrons. The number of nitrogens with one attached hydrogen (secondary N) is 1. The normalized spacial score (nSPS) is 12.0. The average Bonchev–Trinajstić information content (AvgIpc) is 2.64. The molecule has 0 bridgehead atoms. The average molecular weight is 357 g/mol. The van der Waals surface area contributed by atoms with Gasteiger partial charge in [0.05, 0.1) is 13.2 Å². The van der Waals surface area contributed by atoms with Crippen LogP contribution < -0.4 is 10.1 Å². The number of hydrogen-bond acceptors (Lipinski definition) is 3. The van der Waals surface area contributed by atoms with Crippen molar-refractivity contribution in [3.63, 3.8) is 0 Å². The Labute approximate surface area is 151 Å². The van der Waals surface area contributed by atoms with E-state index in [1.54, 1.807) is 25.4 Å². The molecule has 1 unspecified atom stereocenters. The molecule has 0 aliphatic heterocycles. The first kappa shape index (κ1) is 17.4. The first-order valence-corrected chi connectivity index (χ1v) is 8.22. The predicted molar refractivity (Wildman–Crippen MR) is 98.5 cm³/mol. The fraction of sp³-hybridized carbons (Fsp3) is 0.150. The second-order valence-electron chi connectivity index (χ2n) is 5.61. The Morgan fingerprint density at radius 3 is 2.48 bits per heavy atom. The van der Waals surface area contributed by atoms with Crippen molar-refractivity contribution in [1.29, 1.82) is 0 Å². The smallest absolute Gasteiger partial charge is 0.221 e. The van der Waals surface area contributed by atoms with Gasteiger partial charge in [0.2, 0.25) is 5.88 Å². The molecule has 1 N–H and O–H groups in total. The topological polar surface area (TPSA) is 34.2 Å². The van der Waals surface area contributed by atoms with E-state index in [2.05, 4.69) is 10.3 Å². The molecule has 0 fully saturated rings. The molecule has 0 saturated heterocycles. The fourth-order valence-electron chi connectivity index (χ4n) is 2.83. The number of nitrogens with zero attached hydrogens (tertiary/aromatic N) is 1. The van der Waals surface area contributed by atoms with Gasteiger partial charge in [0.25, 0.3) is 0 Å². The van der Waals surface area contributed by atoms with Crippen molar-refractivity contribution in [1.82, 2.24) is 10.3 Å². The van der Waals surface area contributed by atoms with Gasteiger partial charge in [-0.05, 0) is 54.1 Å². The van der Waals surface area contributed by atoms with E-state index in [0.717, 1.165) is 22.3 Å². The van der Waals surface area contributed by atoms with E-state index in [0.29, 0.717) is 10.9 Å².